The van der Waals surface area contributed by atoms with E-state index in [4.69, 9.17) is 4.74 Å². The lowest BCUT2D eigenvalue weighted by atomic mass is 9.45. The Morgan fingerprint density at radius 3 is 3.00 bits per heavy atom. The van der Waals surface area contributed by atoms with Gasteiger partial charge in [-0.25, -0.2) is 0 Å². The molecule has 4 aliphatic rings. The Labute approximate surface area is 124 Å². The molecule has 0 radical (unpaired) electrons. The Morgan fingerprint density at radius 2 is 2.14 bits per heavy atom. The molecule has 5 rings (SSSR count). The minimum atomic E-state index is -0.691. The number of benzene rings is 1. The van der Waals surface area contributed by atoms with Crippen LogP contribution in [-0.4, -0.2) is 21.9 Å². The third kappa shape index (κ3) is 1.11. The molecule has 0 aromatic heterocycles. The lowest BCUT2D eigenvalue weighted by molar-refractivity contribution is -0.155. The van der Waals surface area contributed by atoms with Gasteiger partial charge >= 0.3 is 0 Å². The van der Waals surface area contributed by atoms with Crippen LogP contribution in [0.15, 0.2) is 24.3 Å². The van der Waals surface area contributed by atoms with Crippen LogP contribution in [0.3, 0.4) is 0 Å². The predicted octanol–water partition coefficient (Wildman–Crippen LogP) is 2.83. The van der Waals surface area contributed by atoms with E-state index in [0.29, 0.717) is 11.7 Å². The highest BCUT2D eigenvalue weighted by atomic mass is 16.5. The van der Waals surface area contributed by atoms with Gasteiger partial charge in [0.15, 0.2) is 11.5 Å². The van der Waals surface area contributed by atoms with Gasteiger partial charge in [-0.1, -0.05) is 19.1 Å². The maximum Gasteiger partial charge on any atom is 0.166 e. The summed E-state index contributed by atoms with van der Waals surface area (Å²) in [4.78, 5) is 0. The van der Waals surface area contributed by atoms with Crippen molar-refractivity contribution in [3.05, 3.63) is 35.4 Å². The fourth-order valence-electron chi connectivity index (χ4n) is 5.76. The standard InChI is InChI=1S/C18H20O3/c1-10-6-8-18(20)12-3-2-7-17(18)14-11(9-12)4-5-13(19)15(14)21-16(10)17/h4-5,12,16,19-20H,1-3,6-9H2/t12?,16-,17-,18+/m0/s1. The summed E-state index contributed by atoms with van der Waals surface area (Å²) >= 11 is 0. The van der Waals surface area contributed by atoms with Gasteiger partial charge in [-0.05, 0) is 55.2 Å². The van der Waals surface area contributed by atoms with Gasteiger partial charge in [-0.2, -0.15) is 0 Å². The number of aromatic hydroxyl groups is 1. The second-order valence-corrected chi connectivity index (χ2v) is 7.29. The van der Waals surface area contributed by atoms with Crippen molar-refractivity contribution in [3.63, 3.8) is 0 Å². The van der Waals surface area contributed by atoms with Crippen LogP contribution in [0.25, 0.3) is 0 Å². The quantitative estimate of drug-likeness (QED) is 0.720. The van der Waals surface area contributed by atoms with E-state index in [0.717, 1.165) is 49.7 Å². The van der Waals surface area contributed by atoms with Gasteiger partial charge in [0.1, 0.15) is 6.10 Å². The molecule has 1 heterocycles. The van der Waals surface area contributed by atoms with Gasteiger partial charge in [0.2, 0.25) is 0 Å². The molecular weight excluding hydrogens is 264 g/mol. The average molecular weight is 284 g/mol. The predicted molar refractivity (Wildman–Crippen MR) is 78.6 cm³/mol. The molecule has 1 spiro atoms. The normalized spacial score (nSPS) is 42.4. The Hall–Kier alpha value is -1.48. The Kier molecular flexibility index (Phi) is 2.00. The van der Waals surface area contributed by atoms with Crippen LogP contribution in [0.4, 0.5) is 0 Å². The zero-order valence-electron chi connectivity index (χ0n) is 12.1. The van der Waals surface area contributed by atoms with Crippen LogP contribution >= 0.6 is 0 Å². The molecule has 110 valence electrons. The molecular formula is C18H20O3. The van der Waals surface area contributed by atoms with Crippen molar-refractivity contribution in [2.45, 2.75) is 55.6 Å². The Bertz CT molecular complexity index is 679. The van der Waals surface area contributed by atoms with Crippen LogP contribution in [-0.2, 0) is 11.8 Å². The highest BCUT2D eigenvalue weighted by Crippen LogP contribution is 2.67. The van der Waals surface area contributed by atoms with E-state index in [1.165, 1.54) is 5.56 Å². The van der Waals surface area contributed by atoms with E-state index >= 15 is 0 Å². The van der Waals surface area contributed by atoms with Gasteiger partial charge in [-0.3, -0.25) is 0 Å². The van der Waals surface area contributed by atoms with E-state index in [2.05, 4.69) is 6.58 Å². The first-order valence-corrected chi connectivity index (χ1v) is 8.00. The summed E-state index contributed by atoms with van der Waals surface area (Å²) in [5.41, 5.74) is 2.36. The minimum Gasteiger partial charge on any atom is -0.504 e. The van der Waals surface area contributed by atoms with Crippen molar-refractivity contribution < 1.29 is 14.9 Å². The van der Waals surface area contributed by atoms with Gasteiger partial charge in [0.25, 0.3) is 0 Å². The lowest BCUT2D eigenvalue weighted by Crippen LogP contribution is -2.68. The number of aliphatic hydroxyl groups is 1. The van der Waals surface area contributed by atoms with Crippen LogP contribution < -0.4 is 4.74 Å². The first-order valence-electron chi connectivity index (χ1n) is 8.00. The molecule has 1 aromatic carbocycles. The summed E-state index contributed by atoms with van der Waals surface area (Å²) in [6.45, 7) is 4.21. The van der Waals surface area contributed by atoms with E-state index in [1.54, 1.807) is 6.07 Å². The molecule has 3 nitrogen and oxygen atoms in total. The highest BCUT2D eigenvalue weighted by molar-refractivity contribution is 5.63. The second-order valence-electron chi connectivity index (χ2n) is 7.29. The van der Waals surface area contributed by atoms with Crippen LogP contribution in [0, 0.1) is 5.92 Å². The molecule has 0 saturated heterocycles. The summed E-state index contributed by atoms with van der Waals surface area (Å²) in [6.07, 6.45) is 5.49. The molecule has 21 heavy (non-hydrogen) atoms. The van der Waals surface area contributed by atoms with Gasteiger partial charge in [0.05, 0.1) is 11.0 Å². The number of hydrogen-bond donors (Lipinski definition) is 2. The molecule has 2 N–H and O–H groups in total. The minimum absolute atomic E-state index is 0.165. The second kappa shape index (κ2) is 3.46. The van der Waals surface area contributed by atoms with Crippen molar-refractivity contribution in [3.8, 4) is 11.5 Å². The fourth-order valence-corrected chi connectivity index (χ4v) is 5.76. The van der Waals surface area contributed by atoms with E-state index < -0.39 is 5.60 Å². The number of ether oxygens (including phenoxy) is 1. The zero-order valence-corrected chi connectivity index (χ0v) is 12.1. The molecule has 1 unspecified atom stereocenters. The molecule has 2 saturated carbocycles. The Morgan fingerprint density at radius 1 is 1.29 bits per heavy atom. The maximum atomic E-state index is 11.6. The van der Waals surface area contributed by atoms with Crippen molar-refractivity contribution >= 4 is 0 Å². The molecule has 2 bridgehead atoms. The summed E-state index contributed by atoms with van der Waals surface area (Å²) in [5, 5.41) is 21.9. The fraction of sp³-hybridized carbons (Fsp3) is 0.556. The molecule has 4 atom stereocenters. The molecule has 3 heteroatoms. The van der Waals surface area contributed by atoms with Gasteiger partial charge in [0, 0.05) is 5.56 Å². The molecule has 3 aliphatic carbocycles. The summed E-state index contributed by atoms with van der Waals surface area (Å²) in [7, 11) is 0. The van der Waals surface area contributed by atoms with Gasteiger partial charge < -0.3 is 14.9 Å². The summed E-state index contributed by atoms with van der Waals surface area (Å²) in [6, 6.07) is 3.77. The number of rotatable bonds is 0. The number of phenolic OH excluding ortho intramolecular Hbond substituents is 1. The molecule has 1 aromatic rings. The smallest absolute Gasteiger partial charge is 0.166 e. The van der Waals surface area contributed by atoms with Crippen molar-refractivity contribution in [1.82, 2.24) is 0 Å². The SMILES string of the molecule is C=C1CC[C@@]2(O)C3CCC[C@@]24c2c(ccc(O)c2O[C@@H]14)C3. The molecule has 1 aliphatic heterocycles. The van der Waals surface area contributed by atoms with E-state index in [-0.39, 0.29) is 17.3 Å². The summed E-state index contributed by atoms with van der Waals surface area (Å²) in [5.74, 6) is 1.13. The van der Waals surface area contributed by atoms with E-state index in [1.807, 2.05) is 6.07 Å². The van der Waals surface area contributed by atoms with Crippen LogP contribution in [0.2, 0.25) is 0 Å². The summed E-state index contributed by atoms with van der Waals surface area (Å²) < 4.78 is 6.18. The molecule has 2 fully saturated rings. The third-order valence-electron chi connectivity index (χ3n) is 6.59. The largest absolute Gasteiger partial charge is 0.504 e. The molecule has 0 amide bonds. The third-order valence-corrected chi connectivity index (χ3v) is 6.59. The first kappa shape index (κ1) is 12.1. The Balaban J connectivity index is 1.89. The van der Waals surface area contributed by atoms with Crippen molar-refractivity contribution in [1.29, 1.82) is 0 Å². The van der Waals surface area contributed by atoms with Gasteiger partial charge in [-0.15, -0.1) is 0 Å². The topological polar surface area (TPSA) is 49.7 Å². The number of hydrogen-bond acceptors (Lipinski definition) is 3. The maximum absolute atomic E-state index is 11.6. The van der Waals surface area contributed by atoms with Crippen molar-refractivity contribution in [2.24, 2.45) is 5.92 Å². The van der Waals surface area contributed by atoms with Crippen molar-refractivity contribution in [2.75, 3.05) is 0 Å². The zero-order chi connectivity index (χ0) is 14.4. The monoisotopic (exact) mass is 284 g/mol. The first-order chi connectivity index (χ1) is 10.1. The van der Waals surface area contributed by atoms with Crippen LogP contribution in [0.5, 0.6) is 11.5 Å². The highest BCUT2D eigenvalue weighted by Gasteiger charge is 2.70. The number of phenols is 1. The lowest BCUT2D eigenvalue weighted by Gasteiger charge is -2.60. The van der Waals surface area contributed by atoms with E-state index in [9.17, 15) is 10.2 Å². The van der Waals surface area contributed by atoms with Crippen LogP contribution in [0.1, 0.15) is 43.2 Å². The average Bonchev–Trinajstić information content (AvgIpc) is 2.80.